The molecule has 6 heteroatoms. The summed E-state index contributed by atoms with van der Waals surface area (Å²) in [6, 6.07) is 7.77. The molecule has 1 aromatic heterocycles. The first-order valence-corrected chi connectivity index (χ1v) is 8.19. The second-order valence-electron chi connectivity index (χ2n) is 6.07. The van der Waals surface area contributed by atoms with Gasteiger partial charge in [0.05, 0.1) is 0 Å². The Morgan fingerprint density at radius 2 is 1.85 bits per heavy atom. The molecular weight excluding hydrogens is 334 g/mol. The van der Waals surface area contributed by atoms with Crippen LogP contribution in [0.4, 0.5) is 0 Å². The number of aromatic amines is 1. The third-order valence-corrected chi connectivity index (χ3v) is 4.23. The Labute approximate surface area is 149 Å². The zero-order valence-corrected chi connectivity index (χ0v) is 13.9. The van der Waals surface area contributed by atoms with Crippen LogP contribution in [-0.2, 0) is 11.2 Å². The van der Waals surface area contributed by atoms with Crippen LogP contribution in [0.15, 0.2) is 42.6 Å². The first-order valence-electron chi connectivity index (χ1n) is 8.19. The average molecular weight is 353 g/mol. The molecule has 0 bridgehead atoms. The Morgan fingerprint density at radius 1 is 1.04 bits per heavy atom. The number of phenols is 4. The molecule has 0 saturated carbocycles. The number of aromatic nitrogens is 1. The quantitative estimate of drug-likeness (QED) is 0.343. The molecule has 0 aliphatic carbocycles. The summed E-state index contributed by atoms with van der Waals surface area (Å²) in [6.07, 6.45) is 6.27. The molecule has 0 atom stereocenters. The van der Waals surface area contributed by atoms with Gasteiger partial charge in [0.2, 0.25) is 5.75 Å². The summed E-state index contributed by atoms with van der Waals surface area (Å²) in [5, 5.41) is 39.0. The Hall–Kier alpha value is -3.41. The lowest BCUT2D eigenvalue weighted by Gasteiger charge is -2.03. The lowest BCUT2D eigenvalue weighted by molar-refractivity contribution is -0.114. The second-order valence-corrected chi connectivity index (χ2v) is 6.07. The fourth-order valence-corrected chi connectivity index (χ4v) is 2.81. The smallest absolute Gasteiger partial charge is 0.200 e. The highest BCUT2D eigenvalue weighted by Crippen LogP contribution is 2.37. The van der Waals surface area contributed by atoms with Gasteiger partial charge in [0.15, 0.2) is 17.3 Å². The highest BCUT2D eigenvalue weighted by atomic mass is 16.3. The zero-order chi connectivity index (χ0) is 18.7. The van der Waals surface area contributed by atoms with Gasteiger partial charge in [0, 0.05) is 29.1 Å². The van der Waals surface area contributed by atoms with E-state index in [1.165, 1.54) is 24.3 Å². The van der Waals surface area contributed by atoms with E-state index in [-0.39, 0.29) is 17.1 Å². The molecule has 0 fully saturated rings. The third kappa shape index (κ3) is 3.64. The van der Waals surface area contributed by atoms with Gasteiger partial charge < -0.3 is 25.4 Å². The maximum Gasteiger partial charge on any atom is 0.200 e. The van der Waals surface area contributed by atoms with E-state index in [0.717, 1.165) is 16.5 Å². The molecule has 2 aromatic carbocycles. The van der Waals surface area contributed by atoms with Gasteiger partial charge in [-0.05, 0) is 60.9 Å². The van der Waals surface area contributed by atoms with Crippen molar-refractivity contribution >= 4 is 22.8 Å². The van der Waals surface area contributed by atoms with Crippen LogP contribution in [0.3, 0.4) is 0 Å². The number of carbonyl (C=O) groups is 1. The van der Waals surface area contributed by atoms with Gasteiger partial charge >= 0.3 is 0 Å². The largest absolute Gasteiger partial charge is 0.508 e. The number of aryl methyl sites for hydroxylation is 1. The number of hydrogen-bond acceptors (Lipinski definition) is 5. The molecule has 0 spiro atoms. The maximum absolute atomic E-state index is 12.0. The van der Waals surface area contributed by atoms with E-state index >= 15 is 0 Å². The number of nitrogens with one attached hydrogen (secondary N) is 1. The summed E-state index contributed by atoms with van der Waals surface area (Å²) in [5.41, 5.74) is 2.22. The average Bonchev–Trinajstić information content (AvgIpc) is 3.01. The number of phenolic OH excluding ortho intramolecular Hbond substituents is 4. The minimum absolute atomic E-state index is 0.111. The normalized spacial score (nSPS) is 11.4. The van der Waals surface area contributed by atoms with E-state index in [9.17, 15) is 25.2 Å². The molecule has 1 heterocycles. The molecule has 134 valence electrons. The van der Waals surface area contributed by atoms with Crippen LogP contribution in [-0.4, -0.2) is 31.2 Å². The van der Waals surface area contributed by atoms with Crippen molar-refractivity contribution in [3.05, 3.63) is 53.7 Å². The number of fused-ring (bicyclic) bond motifs is 1. The number of benzene rings is 2. The summed E-state index contributed by atoms with van der Waals surface area (Å²) in [6.45, 7) is 0. The van der Waals surface area contributed by atoms with Crippen molar-refractivity contribution < 1.29 is 25.2 Å². The van der Waals surface area contributed by atoms with Gasteiger partial charge in [-0.3, -0.25) is 4.79 Å². The van der Waals surface area contributed by atoms with Gasteiger partial charge in [0.25, 0.3) is 0 Å². The van der Waals surface area contributed by atoms with Gasteiger partial charge in [-0.1, -0.05) is 0 Å². The number of carbonyl (C=O) groups excluding carboxylic acids is 1. The summed E-state index contributed by atoms with van der Waals surface area (Å²) in [4.78, 5) is 15.1. The molecule has 5 N–H and O–H groups in total. The van der Waals surface area contributed by atoms with Crippen LogP contribution < -0.4 is 0 Å². The van der Waals surface area contributed by atoms with E-state index in [0.29, 0.717) is 19.3 Å². The Kier molecular flexibility index (Phi) is 4.84. The standard InChI is InChI=1S/C20H19NO5/c22-14(6-4-12-5-9-18(24)20(26)19(12)25)3-1-2-13-11-21-17-8-7-15(23)10-16(13)17/h4-11,21,23-26H,1-3H2/b6-4+. The molecule has 6 nitrogen and oxygen atoms in total. The lowest BCUT2D eigenvalue weighted by Crippen LogP contribution is -1.94. The van der Waals surface area contributed by atoms with Crippen molar-refractivity contribution in [1.29, 1.82) is 0 Å². The SMILES string of the molecule is O=C(/C=C/c1ccc(O)c(O)c1O)CCCc1c[nH]c2ccc(O)cc12. The molecule has 0 saturated heterocycles. The second kappa shape index (κ2) is 7.23. The van der Waals surface area contributed by atoms with E-state index < -0.39 is 17.2 Å². The predicted octanol–water partition coefficient (Wildman–Crippen LogP) is 3.60. The van der Waals surface area contributed by atoms with Gasteiger partial charge in [-0.15, -0.1) is 0 Å². The van der Waals surface area contributed by atoms with Gasteiger partial charge in [-0.2, -0.15) is 0 Å². The first-order chi connectivity index (χ1) is 12.5. The summed E-state index contributed by atoms with van der Waals surface area (Å²) in [7, 11) is 0. The van der Waals surface area contributed by atoms with Crippen LogP contribution in [0.25, 0.3) is 17.0 Å². The summed E-state index contributed by atoms with van der Waals surface area (Å²) >= 11 is 0. The van der Waals surface area contributed by atoms with Crippen molar-refractivity contribution in [2.24, 2.45) is 0 Å². The molecule has 0 aliphatic heterocycles. The summed E-state index contributed by atoms with van der Waals surface area (Å²) < 4.78 is 0. The highest BCUT2D eigenvalue weighted by molar-refractivity contribution is 5.94. The molecule has 3 aromatic rings. The van der Waals surface area contributed by atoms with Crippen molar-refractivity contribution in [3.63, 3.8) is 0 Å². The Balaban J connectivity index is 1.59. The van der Waals surface area contributed by atoms with E-state index in [1.54, 1.807) is 12.1 Å². The van der Waals surface area contributed by atoms with Crippen molar-refractivity contribution in [3.8, 4) is 23.0 Å². The van der Waals surface area contributed by atoms with Gasteiger partial charge in [0.1, 0.15) is 5.75 Å². The van der Waals surface area contributed by atoms with Crippen LogP contribution >= 0.6 is 0 Å². The van der Waals surface area contributed by atoms with Crippen LogP contribution in [0, 0.1) is 0 Å². The third-order valence-electron chi connectivity index (χ3n) is 4.23. The van der Waals surface area contributed by atoms with E-state index in [2.05, 4.69) is 4.98 Å². The lowest BCUT2D eigenvalue weighted by atomic mass is 10.0. The molecule has 0 radical (unpaired) electrons. The highest BCUT2D eigenvalue weighted by Gasteiger charge is 2.09. The fourth-order valence-electron chi connectivity index (χ4n) is 2.81. The number of aromatic hydroxyl groups is 4. The number of rotatable bonds is 6. The van der Waals surface area contributed by atoms with E-state index in [4.69, 9.17) is 0 Å². The van der Waals surface area contributed by atoms with Crippen molar-refractivity contribution in [2.45, 2.75) is 19.3 Å². The molecule has 0 amide bonds. The number of H-pyrrole nitrogens is 1. The van der Waals surface area contributed by atoms with Gasteiger partial charge in [-0.25, -0.2) is 0 Å². The minimum Gasteiger partial charge on any atom is -0.508 e. The zero-order valence-electron chi connectivity index (χ0n) is 13.9. The molecule has 0 aliphatic rings. The first kappa shape index (κ1) is 17.4. The fraction of sp³-hybridized carbons (Fsp3) is 0.150. The minimum atomic E-state index is -0.609. The molecule has 26 heavy (non-hydrogen) atoms. The Bertz CT molecular complexity index is 987. The monoisotopic (exact) mass is 353 g/mol. The molecule has 0 unspecified atom stereocenters. The molecular formula is C20H19NO5. The number of ketones is 1. The van der Waals surface area contributed by atoms with E-state index in [1.807, 2.05) is 12.3 Å². The predicted molar refractivity (Wildman–Crippen MR) is 98.4 cm³/mol. The van der Waals surface area contributed by atoms with Crippen LogP contribution in [0.5, 0.6) is 23.0 Å². The topological polar surface area (TPSA) is 114 Å². The van der Waals surface area contributed by atoms with Crippen LogP contribution in [0.2, 0.25) is 0 Å². The maximum atomic E-state index is 12.0. The van der Waals surface area contributed by atoms with Crippen molar-refractivity contribution in [2.75, 3.05) is 0 Å². The van der Waals surface area contributed by atoms with Crippen molar-refractivity contribution in [1.82, 2.24) is 4.98 Å². The Morgan fingerprint density at radius 3 is 2.65 bits per heavy atom. The number of hydrogen-bond donors (Lipinski definition) is 5. The number of allylic oxidation sites excluding steroid dienone is 1. The molecule has 3 rings (SSSR count). The summed E-state index contributed by atoms with van der Waals surface area (Å²) in [5.74, 6) is -1.40. The van der Waals surface area contributed by atoms with Crippen LogP contribution in [0.1, 0.15) is 24.0 Å².